The van der Waals surface area contributed by atoms with Gasteiger partial charge in [0.25, 0.3) is 0 Å². The van der Waals surface area contributed by atoms with Crippen LogP contribution in [0.15, 0.2) is 57.7 Å². The molecule has 0 unspecified atom stereocenters. The van der Waals surface area contributed by atoms with Crippen LogP contribution in [0.2, 0.25) is 5.02 Å². The molecule has 2 aromatic carbocycles. The number of ether oxygens (including phenoxy) is 1. The number of esters is 1. The molecule has 0 radical (unpaired) electrons. The number of thiophene rings is 1. The molecule has 0 aliphatic heterocycles. The summed E-state index contributed by atoms with van der Waals surface area (Å²) in [5.41, 5.74) is 1.52. The Labute approximate surface area is 151 Å². The predicted octanol–water partition coefficient (Wildman–Crippen LogP) is 5.11. The van der Waals surface area contributed by atoms with E-state index < -0.39 is 0 Å². The SMILES string of the molecule is COC(=O)c1ccc(-c2cc3c(=O)oc4ccc(Cl)cc4c3s2)cc1. The van der Waals surface area contributed by atoms with Crippen LogP contribution in [0.3, 0.4) is 0 Å². The highest BCUT2D eigenvalue weighted by Gasteiger charge is 2.14. The zero-order chi connectivity index (χ0) is 17.6. The molecule has 25 heavy (non-hydrogen) atoms. The molecule has 4 aromatic rings. The zero-order valence-corrected chi connectivity index (χ0v) is 14.6. The molecule has 0 spiro atoms. The van der Waals surface area contributed by atoms with Crippen molar-refractivity contribution in [1.29, 1.82) is 0 Å². The van der Waals surface area contributed by atoms with Crippen LogP contribution < -0.4 is 5.63 Å². The minimum absolute atomic E-state index is 0.376. The number of fused-ring (bicyclic) bond motifs is 3. The average Bonchev–Trinajstić information content (AvgIpc) is 3.08. The van der Waals surface area contributed by atoms with E-state index in [2.05, 4.69) is 0 Å². The predicted molar refractivity (Wildman–Crippen MR) is 99.7 cm³/mol. The normalized spacial score (nSPS) is 11.1. The molecular weight excluding hydrogens is 360 g/mol. The van der Waals surface area contributed by atoms with E-state index >= 15 is 0 Å². The summed E-state index contributed by atoms with van der Waals surface area (Å²) >= 11 is 7.57. The molecule has 0 amide bonds. The summed E-state index contributed by atoms with van der Waals surface area (Å²) < 4.78 is 10.9. The summed E-state index contributed by atoms with van der Waals surface area (Å²) in [7, 11) is 1.34. The maximum Gasteiger partial charge on any atom is 0.345 e. The van der Waals surface area contributed by atoms with Crippen LogP contribution >= 0.6 is 22.9 Å². The van der Waals surface area contributed by atoms with Gasteiger partial charge in [-0.15, -0.1) is 11.3 Å². The van der Waals surface area contributed by atoms with Crippen molar-refractivity contribution in [3.63, 3.8) is 0 Å². The zero-order valence-electron chi connectivity index (χ0n) is 13.0. The minimum atomic E-state index is -0.385. The molecule has 0 fully saturated rings. The standard InChI is InChI=1S/C19H11ClO4S/c1-23-18(21)11-4-2-10(3-5-11)16-9-14-17(25-16)13-8-12(20)6-7-15(13)24-19(14)22/h2-9H,1H3. The molecule has 2 aromatic heterocycles. The second-order valence-corrected chi connectivity index (χ2v) is 6.94. The van der Waals surface area contributed by atoms with E-state index in [4.69, 9.17) is 20.8 Å². The monoisotopic (exact) mass is 370 g/mol. The van der Waals surface area contributed by atoms with E-state index in [9.17, 15) is 9.59 Å². The molecule has 124 valence electrons. The highest BCUT2D eigenvalue weighted by molar-refractivity contribution is 7.23. The molecule has 0 aliphatic carbocycles. The Morgan fingerprint density at radius 2 is 1.84 bits per heavy atom. The van der Waals surface area contributed by atoms with Crippen molar-refractivity contribution < 1.29 is 13.9 Å². The maximum atomic E-state index is 12.3. The molecule has 0 aliphatic rings. The summed E-state index contributed by atoms with van der Waals surface area (Å²) in [4.78, 5) is 24.7. The summed E-state index contributed by atoms with van der Waals surface area (Å²) in [5.74, 6) is -0.385. The number of hydrogen-bond donors (Lipinski definition) is 0. The van der Waals surface area contributed by atoms with Gasteiger partial charge in [0.15, 0.2) is 0 Å². The largest absolute Gasteiger partial charge is 0.465 e. The van der Waals surface area contributed by atoms with Gasteiger partial charge < -0.3 is 9.15 Å². The molecule has 0 bridgehead atoms. The first-order valence-electron chi connectivity index (χ1n) is 7.41. The lowest BCUT2D eigenvalue weighted by Crippen LogP contribution is -2.00. The van der Waals surface area contributed by atoms with Crippen molar-refractivity contribution in [2.24, 2.45) is 0 Å². The number of hydrogen-bond acceptors (Lipinski definition) is 5. The highest BCUT2D eigenvalue weighted by atomic mass is 35.5. The Balaban J connectivity index is 1.90. The van der Waals surface area contributed by atoms with Gasteiger partial charge >= 0.3 is 11.6 Å². The first-order valence-corrected chi connectivity index (χ1v) is 8.61. The average molecular weight is 371 g/mol. The second kappa shape index (κ2) is 6.02. The molecule has 0 N–H and O–H groups in total. The molecule has 6 heteroatoms. The number of rotatable bonds is 2. The third-order valence-corrected chi connectivity index (χ3v) is 5.38. The number of halogens is 1. The van der Waals surface area contributed by atoms with Gasteiger partial charge in [0.2, 0.25) is 0 Å². The number of benzene rings is 2. The first kappa shape index (κ1) is 15.9. The van der Waals surface area contributed by atoms with Crippen LogP contribution in [0.1, 0.15) is 10.4 Å². The van der Waals surface area contributed by atoms with E-state index in [0.717, 1.165) is 20.5 Å². The fourth-order valence-electron chi connectivity index (χ4n) is 2.70. The van der Waals surface area contributed by atoms with E-state index in [-0.39, 0.29) is 11.6 Å². The lowest BCUT2D eigenvalue weighted by molar-refractivity contribution is 0.0601. The highest BCUT2D eigenvalue weighted by Crippen LogP contribution is 2.36. The van der Waals surface area contributed by atoms with Crippen LogP contribution in [-0.2, 0) is 4.74 Å². The molecule has 0 saturated carbocycles. The lowest BCUT2D eigenvalue weighted by atomic mass is 10.1. The number of methoxy groups -OCH3 is 1. The van der Waals surface area contributed by atoms with Gasteiger partial charge in [0, 0.05) is 15.3 Å². The van der Waals surface area contributed by atoms with Crippen LogP contribution in [-0.4, -0.2) is 13.1 Å². The third kappa shape index (κ3) is 2.71. The van der Waals surface area contributed by atoms with Crippen LogP contribution in [0.25, 0.3) is 31.5 Å². The van der Waals surface area contributed by atoms with Crippen LogP contribution in [0, 0.1) is 0 Å². The van der Waals surface area contributed by atoms with Gasteiger partial charge in [-0.3, -0.25) is 0 Å². The van der Waals surface area contributed by atoms with Gasteiger partial charge in [0.05, 0.1) is 22.8 Å². The van der Waals surface area contributed by atoms with Crippen molar-refractivity contribution in [3.8, 4) is 10.4 Å². The smallest absolute Gasteiger partial charge is 0.345 e. The number of carbonyl (C=O) groups excluding carboxylic acids is 1. The van der Waals surface area contributed by atoms with Crippen molar-refractivity contribution in [2.45, 2.75) is 0 Å². The lowest BCUT2D eigenvalue weighted by Gasteiger charge is -2.00. The molecule has 4 nitrogen and oxygen atoms in total. The van der Waals surface area contributed by atoms with E-state index in [0.29, 0.717) is 21.6 Å². The van der Waals surface area contributed by atoms with Crippen molar-refractivity contribution in [3.05, 3.63) is 69.5 Å². The van der Waals surface area contributed by atoms with Gasteiger partial charge in [-0.25, -0.2) is 9.59 Å². The Hall–Kier alpha value is -2.63. The Kier molecular flexibility index (Phi) is 3.82. The molecule has 2 heterocycles. The topological polar surface area (TPSA) is 56.5 Å². The fraction of sp³-hybridized carbons (Fsp3) is 0.0526. The van der Waals surface area contributed by atoms with Crippen LogP contribution in [0.4, 0.5) is 0 Å². The summed E-state index contributed by atoms with van der Waals surface area (Å²) in [6.45, 7) is 0. The van der Waals surface area contributed by atoms with Gasteiger partial charge in [-0.2, -0.15) is 0 Å². The van der Waals surface area contributed by atoms with E-state index in [1.807, 2.05) is 12.1 Å². The second-order valence-electron chi connectivity index (χ2n) is 5.45. The summed E-state index contributed by atoms with van der Waals surface area (Å²) in [6, 6.07) is 14.0. The van der Waals surface area contributed by atoms with E-state index in [1.54, 1.807) is 36.4 Å². The molecular formula is C19H11ClO4S. The molecule has 4 rings (SSSR count). The summed E-state index contributed by atoms with van der Waals surface area (Å²) in [6.07, 6.45) is 0. The Morgan fingerprint density at radius 1 is 1.08 bits per heavy atom. The molecule has 0 atom stereocenters. The Bertz CT molecular complexity index is 1170. The van der Waals surface area contributed by atoms with E-state index in [1.165, 1.54) is 18.4 Å². The number of carbonyl (C=O) groups is 1. The van der Waals surface area contributed by atoms with Crippen molar-refractivity contribution >= 4 is 50.0 Å². The fourth-order valence-corrected chi connectivity index (χ4v) is 4.04. The van der Waals surface area contributed by atoms with Crippen LogP contribution in [0.5, 0.6) is 0 Å². The van der Waals surface area contributed by atoms with Crippen molar-refractivity contribution in [2.75, 3.05) is 7.11 Å². The Morgan fingerprint density at radius 3 is 2.56 bits per heavy atom. The van der Waals surface area contributed by atoms with Gasteiger partial charge in [-0.1, -0.05) is 23.7 Å². The maximum absolute atomic E-state index is 12.3. The molecule has 0 saturated heterocycles. The summed E-state index contributed by atoms with van der Waals surface area (Å²) in [5, 5.41) is 1.91. The van der Waals surface area contributed by atoms with Gasteiger partial charge in [0.1, 0.15) is 5.58 Å². The van der Waals surface area contributed by atoms with Gasteiger partial charge in [-0.05, 0) is 42.0 Å². The van der Waals surface area contributed by atoms with Crippen molar-refractivity contribution in [1.82, 2.24) is 0 Å². The first-order chi connectivity index (χ1) is 12.1. The quantitative estimate of drug-likeness (QED) is 0.363. The minimum Gasteiger partial charge on any atom is -0.465 e. The third-order valence-electron chi connectivity index (χ3n) is 3.93.